The van der Waals surface area contributed by atoms with Gasteiger partial charge in [-0.05, 0) is 19.1 Å². The highest BCUT2D eigenvalue weighted by Crippen LogP contribution is 2.39. The summed E-state index contributed by atoms with van der Waals surface area (Å²) in [7, 11) is 0. The Balaban J connectivity index is 2.06. The van der Waals surface area contributed by atoms with Crippen LogP contribution in [0.4, 0.5) is 5.82 Å². The number of nitrogens with one attached hydrogen (secondary N) is 3. The fraction of sp³-hybridized carbons (Fsp3) is 0.700. The summed E-state index contributed by atoms with van der Waals surface area (Å²) < 4.78 is 0.199. The highest BCUT2D eigenvalue weighted by atomic mass is 32.2. The van der Waals surface area contributed by atoms with Gasteiger partial charge in [-0.3, -0.25) is 9.78 Å². The van der Waals surface area contributed by atoms with Crippen molar-refractivity contribution in [3.8, 4) is 0 Å². The van der Waals surface area contributed by atoms with Crippen molar-refractivity contribution in [3.05, 3.63) is 20.8 Å². The number of hydrogen-bond acceptors (Lipinski definition) is 5. The molecule has 0 unspecified atom stereocenters. The summed E-state index contributed by atoms with van der Waals surface area (Å²) in [6.07, 6.45) is 6.87. The fourth-order valence-corrected chi connectivity index (χ4v) is 3.10. The van der Waals surface area contributed by atoms with Gasteiger partial charge < -0.3 is 5.32 Å². The molecule has 2 rings (SSSR count). The molecule has 94 valence electrons. The van der Waals surface area contributed by atoms with E-state index in [0.717, 1.165) is 12.8 Å². The van der Waals surface area contributed by atoms with Gasteiger partial charge in [-0.15, -0.1) is 5.10 Å². The van der Waals surface area contributed by atoms with E-state index in [0.29, 0.717) is 6.54 Å². The molecule has 7 heteroatoms. The van der Waals surface area contributed by atoms with E-state index in [1.807, 2.05) is 11.8 Å². The van der Waals surface area contributed by atoms with Crippen LogP contribution in [0.3, 0.4) is 0 Å². The van der Waals surface area contributed by atoms with Gasteiger partial charge in [-0.1, -0.05) is 12.8 Å². The zero-order chi connectivity index (χ0) is 12.3. The van der Waals surface area contributed by atoms with Crippen LogP contribution in [0, 0.1) is 0 Å². The molecule has 0 bridgehead atoms. The second-order valence-corrected chi connectivity index (χ2v) is 5.58. The summed E-state index contributed by atoms with van der Waals surface area (Å²) in [6, 6.07) is 0. The molecule has 1 aliphatic carbocycles. The summed E-state index contributed by atoms with van der Waals surface area (Å²) >= 11 is 1.83. The van der Waals surface area contributed by atoms with E-state index >= 15 is 0 Å². The largest absolute Gasteiger partial charge is 0.363 e. The highest BCUT2D eigenvalue weighted by Gasteiger charge is 2.32. The summed E-state index contributed by atoms with van der Waals surface area (Å²) in [5.41, 5.74) is -1.05. The summed E-state index contributed by atoms with van der Waals surface area (Å²) in [5, 5.41) is 8.95. The van der Waals surface area contributed by atoms with Crippen molar-refractivity contribution in [1.82, 2.24) is 15.2 Å². The van der Waals surface area contributed by atoms with Crippen molar-refractivity contribution in [2.24, 2.45) is 0 Å². The minimum Gasteiger partial charge on any atom is -0.363 e. The van der Waals surface area contributed by atoms with Crippen LogP contribution in [-0.2, 0) is 0 Å². The van der Waals surface area contributed by atoms with Crippen molar-refractivity contribution in [3.63, 3.8) is 0 Å². The Labute approximate surface area is 103 Å². The van der Waals surface area contributed by atoms with Gasteiger partial charge in [0.2, 0.25) is 5.82 Å². The minimum atomic E-state index is -0.582. The maximum Gasteiger partial charge on any atom is 0.342 e. The smallest absolute Gasteiger partial charge is 0.342 e. The van der Waals surface area contributed by atoms with Crippen molar-refractivity contribution in [2.45, 2.75) is 30.4 Å². The molecule has 0 aromatic carbocycles. The molecule has 1 aromatic heterocycles. The van der Waals surface area contributed by atoms with E-state index in [9.17, 15) is 9.59 Å². The van der Waals surface area contributed by atoms with Gasteiger partial charge in [0.15, 0.2) is 0 Å². The molecular weight excluding hydrogens is 240 g/mol. The lowest BCUT2D eigenvalue weighted by atomic mass is 10.1. The highest BCUT2D eigenvalue weighted by molar-refractivity contribution is 8.00. The Kier molecular flexibility index (Phi) is 3.56. The number of aromatic amines is 2. The quantitative estimate of drug-likeness (QED) is 0.731. The van der Waals surface area contributed by atoms with E-state index in [1.54, 1.807) is 0 Å². The van der Waals surface area contributed by atoms with Crippen molar-refractivity contribution in [2.75, 3.05) is 18.1 Å². The predicted octanol–water partition coefficient (Wildman–Crippen LogP) is 0.546. The Morgan fingerprint density at radius 3 is 2.71 bits per heavy atom. The lowest BCUT2D eigenvalue weighted by molar-refractivity contribution is 0.636. The maximum absolute atomic E-state index is 11.4. The first-order valence-electron chi connectivity index (χ1n) is 5.63. The third kappa shape index (κ3) is 2.71. The van der Waals surface area contributed by atoms with Crippen LogP contribution in [0.15, 0.2) is 9.59 Å². The molecular formula is C10H16N4O2S. The predicted molar refractivity (Wildman–Crippen MR) is 68.7 cm³/mol. The van der Waals surface area contributed by atoms with Crippen LogP contribution < -0.4 is 16.6 Å². The lowest BCUT2D eigenvalue weighted by Crippen LogP contribution is -2.34. The average molecular weight is 256 g/mol. The zero-order valence-electron chi connectivity index (χ0n) is 9.71. The second kappa shape index (κ2) is 4.95. The lowest BCUT2D eigenvalue weighted by Gasteiger charge is -2.26. The Hall–Kier alpha value is -1.24. The molecule has 17 heavy (non-hydrogen) atoms. The van der Waals surface area contributed by atoms with Crippen LogP contribution in [-0.4, -0.2) is 32.7 Å². The van der Waals surface area contributed by atoms with E-state index in [4.69, 9.17) is 0 Å². The van der Waals surface area contributed by atoms with Crippen LogP contribution in [0.5, 0.6) is 0 Å². The third-order valence-corrected chi connectivity index (χ3v) is 4.66. The molecule has 6 nitrogen and oxygen atoms in total. The van der Waals surface area contributed by atoms with Crippen LogP contribution >= 0.6 is 11.8 Å². The number of nitrogens with zero attached hydrogens (tertiary/aromatic N) is 1. The topological polar surface area (TPSA) is 90.6 Å². The van der Waals surface area contributed by atoms with Crippen molar-refractivity contribution in [1.29, 1.82) is 0 Å². The van der Waals surface area contributed by atoms with Gasteiger partial charge >= 0.3 is 5.69 Å². The molecule has 1 aromatic rings. The first-order chi connectivity index (χ1) is 8.15. The van der Waals surface area contributed by atoms with Crippen LogP contribution in [0.2, 0.25) is 0 Å². The molecule has 0 amide bonds. The first-order valence-corrected chi connectivity index (χ1v) is 6.86. The number of anilines is 1. The molecule has 0 radical (unpaired) electrons. The Morgan fingerprint density at radius 1 is 1.41 bits per heavy atom. The molecule has 1 heterocycles. The molecule has 0 saturated heterocycles. The first kappa shape index (κ1) is 12.2. The number of H-pyrrole nitrogens is 2. The monoisotopic (exact) mass is 256 g/mol. The van der Waals surface area contributed by atoms with Crippen LogP contribution in [0.1, 0.15) is 25.7 Å². The van der Waals surface area contributed by atoms with E-state index in [2.05, 4.69) is 26.8 Å². The normalized spacial score (nSPS) is 18.2. The third-order valence-electron chi connectivity index (χ3n) is 3.24. The molecule has 0 aliphatic heterocycles. The van der Waals surface area contributed by atoms with E-state index in [-0.39, 0.29) is 10.6 Å². The van der Waals surface area contributed by atoms with Gasteiger partial charge in [-0.25, -0.2) is 9.89 Å². The fourth-order valence-electron chi connectivity index (χ4n) is 2.18. The molecule has 1 fully saturated rings. The molecule has 3 N–H and O–H groups in total. The zero-order valence-corrected chi connectivity index (χ0v) is 10.5. The summed E-state index contributed by atoms with van der Waals surface area (Å²) in [6.45, 7) is 0.705. The Morgan fingerprint density at radius 2 is 2.12 bits per heavy atom. The van der Waals surface area contributed by atoms with Gasteiger partial charge in [0, 0.05) is 11.3 Å². The van der Waals surface area contributed by atoms with Gasteiger partial charge in [0.1, 0.15) is 0 Å². The van der Waals surface area contributed by atoms with Gasteiger partial charge in [0.05, 0.1) is 0 Å². The number of aromatic nitrogens is 3. The average Bonchev–Trinajstić information content (AvgIpc) is 2.77. The second-order valence-electron chi connectivity index (χ2n) is 4.30. The SMILES string of the molecule is CSC1(CNc2n[nH]c(=O)[nH]c2=O)CCCC1. The van der Waals surface area contributed by atoms with Crippen molar-refractivity contribution >= 4 is 17.6 Å². The van der Waals surface area contributed by atoms with Gasteiger partial charge in [0.25, 0.3) is 5.56 Å². The summed E-state index contributed by atoms with van der Waals surface area (Å²) in [4.78, 5) is 24.4. The molecule has 1 aliphatic rings. The Bertz CT molecular complexity index is 490. The summed E-state index contributed by atoms with van der Waals surface area (Å²) in [5.74, 6) is 0.185. The molecule has 1 saturated carbocycles. The molecule has 0 spiro atoms. The van der Waals surface area contributed by atoms with E-state index < -0.39 is 11.2 Å². The number of hydrogen-bond donors (Lipinski definition) is 3. The number of rotatable bonds is 4. The van der Waals surface area contributed by atoms with Crippen molar-refractivity contribution < 1.29 is 0 Å². The maximum atomic E-state index is 11.4. The van der Waals surface area contributed by atoms with Crippen LogP contribution in [0.25, 0.3) is 0 Å². The van der Waals surface area contributed by atoms with E-state index in [1.165, 1.54) is 12.8 Å². The van der Waals surface area contributed by atoms with Gasteiger partial charge in [-0.2, -0.15) is 11.8 Å². The molecule has 0 atom stereocenters. The number of thioether (sulfide) groups is 1. The minimum absolute atomic E-state index is 0.185. The standard InChI is InChI=1S/C10H16N4O2S/c1-17-10(4-2-3-5-10)6-11-7-8(15)12-9(16)14-13-7/h2-6H2,1H3,(H,11,13)(H2,12,14,15,16).